The van der Waals surface area contributed by atoms with E-state index in [0.29, 0.717) is 0 Å². The summed E-state index contributed by atoms with van der Waals surface area (Å²) in [4.78, 5) is 10.2. The molecular formula is C11H11N3O4S. The SMILES string of the molecule is Cc1ccc(S(=O)(=O)Cc2[nH]ncc2[N+](=O)[O-])cc1. The summed E-state index contributed by atoms with van der Waals surface area (Å²) in [5.41, 5.74) is 0.590. The van der Waals surface area contributed by atoms with Gasteiger partial charge in [-0.1, -0.05) is 17.7 Å². The summed E-state index contributed by atoms with van der Waals surface area (Å²) < 4.78 is 24.2. The molecule has 0 amide bonds. The van der Waals surface area contributed by atoms with E-state index in [1.807, 2.05) is 6.92 Å². The van der Waals surface area contributed by atoms with Gasteiger partial charge in [0.1, 0.15) is 17.6 Å². The fourth-order valence-electron chi connectivity index (χ4n) is 1.59. The number of hydrogen-bond donors (Lipinski definition) is 1. The van der Waals surface area contributed by atoms with Crippen molar-refractivity contribution in [3.05, 3.63) is 51.8 Å². The molecule has 1 N–H and O–H groups in total. The van der Waals surface area contributed by atoms with Gasteiger partial charge in [0, 0.05) is 0 Å². The second-order valence-electron chi connectivity index (χ2n) is 4.06. The molecule has 1 aromatic carbocycles. The number of aromatic nitrogens is 2. The third-order valence-corrected chi connectivity index (χ3v) is 4.27. The number of benzene rings is 1. The van der Waals surface area contributed by atoms with Crippen LogP contribution in [0.2, 0.25) is 0 Å². The van der Waals surface area contributed by atoms with Gasteiger partial charge in [0.25, 0.3) is 0 Å². The Morgan fingerprint density at radius 2 is 1.95 bits per heavy atom. The molecule has 0 fully saturated rings. The molecule has 0 saturated heterocycles. The van der Waals surface area contributed by atoms with Crippen molar-refractivity contribution in [1.29, 1.82) is 0 Å². The van der Waals surface area contributed by atoms with Crippen LogP contribution in [0.15, 0.2) is 35.4 Å². The monoisotopic (exact) mass is 281 g/mol. The summed E-state index contributed by atoms with van der Waals surface area (Å²) in [7, 11) is -3.63. The maximum absolute atomic E-state index is 12.1. The van der Waals surface area contributed by atoms with Gasteiger partial charge < -0.3 is 0 Å². The highest BCUT2D eigenvalue weighted by Crippen LogP contribution is 2.21. The van der Waals surface area contributed by atoms with Crippen molar-refractivity contribution in [2.24, 2.45) is 0 Å². The smallest absolute Gasteiger partial charge is 0.274 e. The highest BCUT2D eigenvalue weighted by atomic mass is 32.2. The minimum atomic E-state index is -3.63. The predicted molar refractivity (Wildman–Crippen MR) is 67.3 cm³/mol. The lowest BCUT2D eigenvalue weighted by atomic mass is 10.2. The van der Waals surface area contributed by atoms with Gasteiger partial charge in [0.15, 0.2) is 9.84 Å². The van der Waals surface area contributed by atoms with Gasteiger partial charge in [0.05, 0.1) is 9.82 Å². The van der Waals surface area contributed by atoms with Crippen LogP contribution in [0.3, 0.4) is 0 Å². The summed E-state index contributed by atoms with van der Waals surface area (Å²) in [6.07, 6.45) is 1.000. The van der Waals surface area contributed by atoms with Gasteiger partial charge in [-0.2, -0.15) is 5.10 Å². The third kappa shape index (κ3) is 2.79. The molecular weight excluding hydrogens is 270 g/mol. The number of aryl methyl sites for hydroxylation is 1. The average Bonchev–Trinajstić information content (AvgIpc) is 2.77. The van der Waals surface area contributed by atoms with Crippen LogP contribution in [0.4, 0.5) is 5.69 Å². The van der Waals surface area contributed by atoms with Crippen molar-refractivity contribution in [3.63, 3.8) is 0 Å². The maximum atomic E-state index is 12.1. The topological polar surface area (TPSA) is 106 Å². The zero-order chi connectivity index (χ0) is 14.0. The molecule has 7 nitrogen and oxygen atoms in total. The van der Waals surface area contributed by atoms with E-state index in [2.05, 4.69) is 10.2 Å². The summed E-state index contributed by atoms with van der Waals surface area (Å²) >= 11 is 0. The summed E-state index contributed by atoms with van der Waals surface area (Å²) in [6, 6.07) is 6.31. The van der Waals surface area contributed by atoms with Crippen molar-refractivity contribution in [2.45, 2.75) is 17.6 Å². The molecule has 1 aromatic heterocycles. The van der Waals surface area contributed by atoms with E-state index < -0.39 is 20.5 Å². The van der Waals surface area contributed by atoms with Crippen LogP contribution in [0.5, 0.6) is 0 Å². The molecule has 0 atom stereocenters. The van der Waals surface area contributed by atoms with Crippen LogP contribution in [-0.4, -0.2) is 23.5 Å². The fourth-order valence-corrected chi connectivity index (χ4v) is 2.90. The Morgan fingerprint density at radius 3 is 2.53 bits per heavy atom. The maximum Gasteiger partial charge on any atom is 0.310 e. The standard InChI is InChI=1S/C11H11N3O4S/c1-8-2-4-9(5-3-8)19(17,18)7-10-11(14(15)16)6-12-13-10/h2-6H,7H2,1H3,(H,12,13). The van der Waals surface area contributed by atoms with Gasteiger partial charge in [-0.15, -0.1) is 0 Å². The fraction of sp³-hybridized carbons (Fsp3) is 0.182. The molecule has 19 heavy (non-hydrogen) atoms. The van der Waals surface area contributed by atoms with Gasteiger partial charge in [-0.05, 0) is 19.1 Å². The third-order valence-electron chi connectivity index (χ3n) is 2.61. The number of nitrogens with zero attached hydrogens (tertiary/aromatic N) is 2. The summed E-state index contributed by atoms with van der Waals surface area (Å²) in [6.45, 7) is 1.84. The number of aromatic amines is 1. The minimum Gasteiger partial charge on any atom is -0.274 e. The molecule has 0 spiro atoms. The molecule has 0 aliphatic rings. The van der Waals surface area contributed by atoms with E-state index in [0.717, 1.165) is 11.8 Å². The van der Waals surface area contributed by atoms with Crippen molar-refractivity contribution in [1.82, 2.24) is 10.2 Å². The molecule has 0 bridgehead atoms. The zero-order valence-electron chi connectivity index (χ0n) is 10.0. The van der Waals surface area contributed by atoms with E-state index in [-0.39, 0.29) is 16.3 Å². The van der Waals surface area contributed by atoms with Crippen molar-refractivity contribution < 1.29 is 13.3 Å². The van der Waals surface area contributed by atoms with Gasteiger partial charge in [-0.3, -0.25) is 15.2 Å². The Kier molecular flexibility index (Phi) is 3.34. The zero-order valence-corrected chi connectivity index (χ0v) is 10.8. The van der Waals surface area contributed by atoms with E-state index in [1.54, 1.807) is 12.1 Å². The molecule has 2 rings (SSSR count). The number of nitrogens with one attached hydrogen (secondary N) is 1. The van der Waals surface area contributed by atoms with Gasteiger partial charge in [0.2, 0.25) is 0 Å². The van der Waals surface area contributed by atoms with Crippen molar-refractivity contribution >= 4 is 15.5 Å². The molecule has 1 heterocycles. The molecule has 8 heteroatoms. The van der Waals surface area contributed by atoms with E-state index in [9.17, 15) is 18.5 Å². The number of hydrogen-bond acceptors (Lipinski definition) is 5. The summed E-state index contributed by atoms with van der Waals surface area (Å²) in [5.74, 6) is -0.480. The second kappa shape index (κ2) is 4.81. The van der Waals surface area contributed by atoms with Crippen LogP contribution < -0.4 is 0 Å². The van der Waals surface area contributed by atoms with Crippen LogP contribution in [-0.2, 0) is 15.6 Å². The van der Waals surface area contributed by atoms with E-state index in [1.165, 1.54) is 12.1 Å². The van der Waals surface area contributed by atoms with Gasteiger partial charge in [-0.25, -0.2) is 8.42 Å². The Hall–Kier alpha value is -2.22. The van der Waals surface area contributed by atoms with E-state index >= 15 is 0 Å². The lowest BCUT2D eigenvalue weighted by Crippen LogP contribution is -2.07. The van der Waals surface area contributed by atoms with Crippen LogP contribution >= 0.6 is 0 Å². The number of rotatable bonds is 4. The Morgan fingerprint density at radius 1 is 1.32 bits per heavy atom. The van der Waals surface area contributed by atoms with Crippen molar-refractivity contribution in [3.8, 4) is 0 Å². The van der Waals surface area contributed by atoms with Crippen LogP contribution in [0.1, 0.15) is 11.3 Å². The number of nitro groups is 1. The predicted octanol–water partition coefficient (Wildman–Crippen LogP) is 1.60. The van der Waals surface area contributed by atoms with Crippen molar-refractivity contribution in [2.75, 3.05) is 0 Å². The summed E-state index contributed by atoms with van der Waals surface area (Å²) in [5, 5.41) is 16.6. The van der Waals surface area contributed by atoms with Crippen LogP contribution in [0, 0.1) is 17.0 Å². The molecule has 0 unspecified atom stereocenters. The second-order valence-corrected chi connectivity index (χ2v) is 6.05. The van der Waals surface area contributed by atoms with Crippen LogP contribution in [0.25, 0.3) is 0 Å². The van der Waals surface area contributed by atoms with E-state index in [4.69, 9.17) is 0 Å². The minimum absolute atomic E-state index is 0.0226. The highest BCUT2D eigenvalue weighted by molar-refractivity contribution is 7.90. The number of sulfone groups is 1. The quantitative estimate of drug-likeness (QED) is 0.676. The Bertz CT molecular complexity index is 704. The molecule has 100 valence electrons. The van der Waals surface area contributed by atoms with Gasteiger partial charge >= 0.3 is 5.69 Å². The first kappa shape index (κ1) is 13.2. The highest BCUT2D eigenvalue weighted by Gasteiger charge is 2.23. The first-order valence-corrected chi connectivity index (χ1v) is 7.01. The lowest BCUT2D eigenvalue weighted by Gasteiger charge is -2.03. The molecule has 2 aromatic rings. The molecule has 0 saturated carbocycles. The lowest BCUT2D eigenvalue weighted by molar-refractivity contribution is -0.385. The molecule has 0 aliphatic carbocycles. The Labute approximate surface area is 109 Å². The Balaban J connectivity index is 2.34. The molecule has 0 aliphatic heterocycles. The number of H-pyrrole nitrogens is 1. The first-order chi connectivity index (χ1) is 8.90. The largest absolute Gasteiger partial charge is 0.310 e. The average molecular weight is 281 g/mol. The molecule has 0 radical (unpaired) electrons. The normalized spacial score (nSPS) is 11.4. The first-order valence-electron chi connectivity index (χ1n) is 5.36.